The highest BCUT2D eigenvalue weighted by atomic mass is 16.5. The van der Waals surface area contributed by atoms with Crippen molar-refractivity contribution in [3.05, 3.63) is 23.7 Å². The number of hydrogen-bond acceptors (Lipinski definition) is 4. The van der Waals surface area contributed by atoms with Crippen molar-refractivity contribution < 1.29 is 14.6 Å². The molecule has 1 saturated heterocycles. The molecule has 1 aliphatic rings. The number of H-pyrrole nitrogens is 1. The number of aliphatic carboxylic acids is 1. The lowest BCUT2D eigenvalue weighted by Crippen LogP contribution is -2.18. The van der Waals surface area contributed by atoms with Crippen LogP contribution in [0.15, 0.2) is 12.1 Å². The maximum atomic E-state index is 10.8. The second kappa shape index (κ2) is 4.06. The van der Waals surface area contributed by atoms with Gasteiger partial charge in [0.1, 0.15) is 11.9 Å². The summed E-state index contributed by atoms with van der Waals surface area (Å²) in [6.45, 7) is 1.90. The molecule has 6 nitrogen and oxygen atoms in total. The summed E-state index contributed by atoms with van der Waals surface area (Å²) in [6, 6.07) is 3.82. The van der Waals surface area contributed by atoms with Crippen LogP contribution in [0.25, 0.3) is 11.2 Å². The van der Waals surface area contributed by atoms with E-state index in [1.54, 1.807) is 0 Å². The summed E-state index contributed by atoms with van der Waals surface area (Å²) in [4.78, 5) is 22.6. The Kier molecular flexibility index (Phi) is 2.52. The third-order valence-corrected chi connectivity index (χ3v) is 3.10. The lowest BCUT2D eigenvalue weighted by Gasteiger charge is -2.07. The van der Waals surface area contributed by atoms with Crippen molar-refractivity contribution in [1.29, 1.82) is 0 Å². The lowest BCUT2D eigenvalue weighted by molar-refractivity contribution is -0.149. The predicted molar refractivity (Wildman–Crippen MR) is 63.1 cm³/mol. The molecular formula is C12H13N3O3. The maximum absolute atomic E-state index is 10.8. The van der Waals surface area contributed by atoms with E-state index in [-0.39, 0.29) is 6.10 Å². The van der Waals surface area contributed by atoms with Crippen LogP contribution in [0.3, 0.4) is 0 Å². The molecule has 2 atom stereocenters. The van der Waals surface area contributed by atoms with E-state index in [0.717, 1.165) is 11.2 Å². The van der Waals surface area contributed by atoms with E-state index >= 15 is 0 Å². The molecular weight excluding hydrogens is 234 g/mol. The summed E-state index contributed by atoms with van der Waals surface area (Å²) in [5.41, 5.74) is 2.39. The zero-order valence-corrected chi connectivity index (χ0v) is 9.88. The van der Waals surface area contributed by atoms with Crippen LogP contribution in [0.5, 0.6) is 0 Å². The molecule has 18 heavy (non-hydrogen) atoms. The van der Waals surface area contributed by atoms with Crippen molar-refractivity contribution in [1.82, 2.24) is 15.0 Å². The fourth-order valence-corrected chi connectivity index (χ4v) is 2.18. The van der Waals surface area contributed by atoms with Gasteiger partial charge in [0.25, 0.3) is 0 Å². The van der Waals surface area contributed by atoms with Gasteiger partial charge in [-0.1, -0.05) is 0 Å². The molecule has 1 fully saturated rings. The molecule has 3 rings (SSSR count). The molecule has 0 radical (unpaired) electrons. The van der Waals surface area contributed by atoms with Crippen LogP contribution in [0.2, 0.25) is 0 Å². The number of aromatic nitrogens is 3. The monoisotopic (exact) mass is 247 g/mol. The second-order valence-corrected chi connectivity index (χ2v) is 4.47. The minimum atomic E-state index is -0.914. The third kappa shape index (κ3) is 1.84. The molecule has 0 spiro atoms. The number of aromatic amines is 1. The minimum absolute atomic E-state index is 0.277. The van der Waals surface area contributed by atoms with Gasteiger partial charge >= 0.3 is 5.97 Å². The van der Waals surface area contributed by atoms with Crippen LogP contribution in [-0.2, 0) is 9.53 Å². The molecule has 94 valence electrons. The first-order chi connectivity index (χ1) is 8.63. The number of nitrogens with one attached hydrogen (secondary N) is 1. The smallest absolute Gasteiger partial charge is 0.332 e. The first-order valence-corrected chi connectivity index (χ1v) is 5.85. The highest BCUT2D eigenvalue weighted by Crippen LogP contribution is 2.31. The molecule has 0 bridgehead atoms. The van der Waals surface area contributed by atoms with E-state index in [2.05, 4.69) is 15.0 Å². The van der Waals surface area contributed by atoms with Crippen molar-refractivity contribution in [2.45, 2.75) is 32.0 Å². The van der Waals surface area contributed by atoms with Crippen LogP contribution >= 0.6 is 0 Å². The van der Waals surface area contributed by atoms with Gasteiger partial charge in [-0.3, -0.25) is 0 Å². The number of carboxylic acids is 1. The zero-order chi connectivity index (χ0) is 12.7. The fourth-order valence-electron chi connectivity index (χ4n) is 2.18. The molecule has 0 aromatic carbocycles. The summed E-state index contributed by atoms with van der Waals surface area (Å²) in [6.07, 6.45) is 0.178. The van der Waals surface area contributed by atoms with E-state index in [1.165, 1.54) is 0 Å². The Hall–Kier alpha value is -1.95. The Morgan fingerprint density at radius 2 is 2.28 bits per heavy atom. The fraction of sp³-hybridized carbons (Fsp3) is 0.417. The maximum Gasteiger partial charge on any atom is 0.332 e. The molecule has 2 aromatic heterocycles. The van der Waals surface area contributed by atoms with Crippen LogP contribution in [0.4, 0.5) is 0 Å². The average Bonchev–Trinajstić information content (AvgIpc) is 2.93. The van der Waals surface area contributed by atoms with Gasteiger partial charge in [0, 0.05) is 5.69 Å². The Morgan fingerprint density at radius 3 is 3.00 bits per heavy atom. The molecule has 2 N–H and O–H groups in total. The van der Waals surface area contributed by atoms with Gasteiger partial charge in [0.2, 0.25) is 0 Å². The van der Waals surface area contributed by atoms with Crippen molar-refractivity contribution >= 4 is 17.1 Å². The van der Waals surface area contributed by atoms with Gasteiger partial charge in [0.05, 0.1) is 5.52 Å². The Bertz CT molecular complexity index is 608. The minimum Gasteiger partial charge on any atom is -0.479 e. The third-order valence-electron chi connectivity index (χ3n) is 3.10. The predicted octanol–water partition coefficient (Wildman–Crippen LogP) is 1.57. The Morgan fingerprint density at radius 1 is 1.44 bits per heavy atom. The molecule has 6 heteroatoms. The van der Waals surface area contributed by atoms with Crippen LogP contribution in [0.1, 0.15) is 30.5 Å². The number of fused-ring (bicyclic) bond motifs is 1. The molecule has 0 aliphatic carbocycles. The number of ether oxygens (including phenoxy) is 1. The molecule has 2 unspecified atom stereocenters. The highest BCUT2D eigenvalue weighted by Gasteiger charge is 2.33. The van der Waals surface area contributed by atoms with Gasteiger partial charge < -0.3 is 14.8 Å². The largest absolute Gasteiger partial charge is 0.479 e. The SMILES string of the molecule is Cc1ccc2[nH]c(C3CCC(C(=O)O)O3)nc2n1. The van der Waals surface area contributed by atoms with Gasteiger partial charge in [-0.25, -0.2) is 14.8 Å². The summed E-state index contributed by atoms with van der Waals surface area (Å²) >= 11 is 0. The number of aryl methyl sites for hydroxylation is 1. The van der Waals surface area contributed by atoms with Crippen molar-refractivity contribution in [3.8, 4) is 0 Å². The number of nitrogens with zero attached hydrogens (tertiary/aromatic N) is 2. The number of pyridine rings is 1. The topological polar surface area (TPSA) is 88.1 Å². The van der Waals surface area contributed by atoms with E-state index in [4.69, 9.17) is 9.84 Å². The lowest BCUT2D eigenvalue weighted by atomic mass is 10.2. The number of carbonyl (C=O) groups is 1. The van der Waals surface area contributed by atoms with Crippen molar-refractivity contribution in [2.75, 3.05) is 0 Å². The number of imidazole rings is 1. The molecule has 0 saturated carbocycles. The number of carboxylic acid groups (broad SMARTS) is 1. The molecule has 1 aliphatic heterocycles. The first-order valence-electron chi connectivity index (χ1n) is 5.85. The summed E-state index contributed by atoms with van der Waals surface area (Å²) in [5, 5.41) is 8.89. The van der Waals surface area contributed by atoms with Gasteiger partial charge in [-0.15, -0.1) is 0 Å². The number of rotatable bonds is 2. The van der Waals surface area contributed by atoms with Crippen LogP contribution in [-0.4, -0.2) is 32.1 Å². The van der Waals surface area contributed by atoms with Crippen molar-refractivity contribution in [2.24, 2.45) is 0 Å². The van der Waals surface area contributed by atoms with Crippen LogP contribution < -0.4 is 0 Å². The Labute approximate surface area is 103 Å². The second-order valence-electron chi connectivity index (χ2n) is 4.47. The first kappa shape index (κ1) is 11.2. The van der Waals surface area contributed by atoms with E-state index < -0.39 is 12.1 Å². The van der Waals surface area contributed by atoms with Crippen molar-refractivity contribution in [3.63, 3.8) is 0 Å². The van der Waals surface area contributed by atoms with Gasteiger partial charge in [0.15, 0.2) is 11.8 Å². The normalized spacial score (nSPS) is 23.6. The Balaban J connectivity index is 1.89. The quantitative estimate of drug-likeness (QED) is 0.841. The zero-order valence-electron chi connectivity index (χ0n) is 9.88. The average molecular weight is 247 g/mol. The van der Waals surface area contributed by atoms with E-state index in [0.29, 0.717) is 24.3 Å². The molecule has 2 aromatic rings. The summed E-state index contributed by atoms with van der Waals surface area (Å²) < 4.78 is 5.45. The van der Waals surface area contributed by atoms with Crippen LogP contribution in [0, 0.1) is 6.92 Å². The van der Waals surface area contributed by atoms with Gasteiger partial charge in [-0.05, 0) is 31.9 Å². The molecule has 3 heterocycles. The summed E-state index contributed by atoms with van der Waals surface area (Å²) in [7, 11) is 0. The van der Waals surface area contributed by atoms with E-state index in [1.807, 2.05) is 19.1 Å². The summed E-state index contributed by atoms with van der Waals surface area (Å²) in [5.74, 6) is -0.255. The standard InChI is InChI=1S/C12H13N3O3/c1-6-2-3-7-10(13-6)15-11(14-7)8-4-5-9(18-8)12(16)17/h2-3,8-9H,4-5H2,1H3,(H,16,17)(H,13,14,15). The molecule has 0 amide bonds. The number of hydrogen-bond donors (Lipinski definition) is 2. The highest BCUT2D eigenvalue weighted by molar-refractivity contribution is 5.73. The van der Waals surface area contributed by atoms with E-state index in [9.17, 15) is 4.79 Å². The van der Waals surface area contributed by atoms with Gasteiger partial charge in [-0.2, -0.15) is 0 Å².